The molecule has 3 nitrogen and oxygen atoms in total. The number of amides is 1. The Morgan fingerprint density at radius 1 is 1.16 bits per heavy atom. The van der Waals surface area contributed by atoms with Gasteiger partial charge in [-0.05, 0) is 29.7 Å². The number of hydrogen-bond acceptors (Lipinski definition) is 3. The van der Waals surface area contributed by atoms with Crippen LogP contribution in [0.4, 0.5) is 5.13 Å². The van der Waals surface area contributed by atoms with Crippen molar-refractivity contribution in [2.45, 2.75) is 39.5 Å². The third-order valence-corrected chi connectivity index (χ3v) is 5.31. The van der Waals surface area contributed by atoms with Crippen LogP contribution in [-0.4, -0.2) is 10.9 Å². The topological polar surface area (TPSA) is 42.0 Å². The van der Waals surface area contributed by atoms with E-state index < -0.39 is 0 Å². The molecule has 1 aromatic heterocycles. The quantitative estimate of drug-likeness (QED) is 0.556. The highest BCUT2D eigenvalue weighted by atomic mass is 32.1. The van der Waals surface area contributed by atoms with Gasteiger partial charge in [0, 0.05) is 16.9 Å². The van der Waals surface area contributed by atoms with E-state index in [0.717, 1.165) is 36.9 Å². The molecule has 0 aliphatic rings. The van der Waals surface area contributed by atoms with Gasteiger partial charge < -0.3 is 5.32 Å². The molecule has 0 saturated heterocycles. The summed E-state index contributed by atoms with van der Waals surface area (Å²) in [6.45, 7) is 4.23. The van der Waals surface area contributed by atoms with Crippen molar-refractivity contribution in [3.8, 4) is 11.3 Å². The molecule has 0 aliphatic carbocycles. The van der Waals surface area contributed by atoms with Crippen molar-refractivity contribution in [1.82, 2.24) is 4.98 Å². The lowest BCUT2D eigenvalue weighted by Crippen LogP contribution is -2.22. The van der Waals surface area contributed by atoms with E-state index >= 15 is 0 Å². The number of nitrogens with one attached hydrogen (secondary N) is 1. The Balaban J connectivity index is 1.73. The maximum atomic E-state index is 12.4. The number of thiazole rings is 1. The van der Waals surface area contributed by atoms with Gasteiger partial charge in [0.05, 0.1) is 5.69 Å². The van der Waals surface area contributed by atoms with Crippen molar-refractivity contribution >= 4 is 33.1 Å². The minimum Gasteiger partial charge on any atom is -0.302 e. The zero-order valence-electron chi connectivity index (χ0n) is 14.8. The van der Waals surface area contributed by atoms with Gasteiger partial charge in [-0.3, -0.25) is 4.79 Å². The molecule has 3 rings (SSSR count). The molecule has 1 heterocycles. The second kappa shape index (κ2) is 8.26. The standard InChI is InChI=1S/C21H24N2OS/c1-3-5-8-15(4-2)20(24)23-21-22-19(14-25-21)18-12-11-16-9-6-7-10-17(16)13-18/h6-7,9-15H,3-5,8H2,1-2H3,(H,22,23,24). The normalized spacial score (nSPS) is 12.2. The van der Waals surface area contributed by atoms with Gasteiger partial charge in [0.15, 0.2) is 5.13 Å². The highest BCUT2D eigenvalue weighted by molar-refractivity contribution is 7.14. The highest BCUT2D eigenvalue weighted by Gasteiger charge is 2.17. The molecule has 25 heavy (non-hydrogen) atoms. The molecule has 0 radical (unpaired) electrons. The Kier molecular flexibility index (Phi) is 5.82. The van der Waals surface area contributed by atoms with E-state index in [1.807, 2.05) is 17.5 Å². The molecule has 1 amide bonds. The number of carbonyl (C=O) groups excluding carboxylic acids is 1. The number of rotatable bonds is 7. The minimum absolute atomic E-state index is 0.0768. The summed E-state index contributed by atoms with van der Waals surface area (Å²) in [7, 11) is 0. The molecule has 0 bridgehead atoms. The van der Waals surface area contributed by atoms with Crippen LogP contribution in [0.5, 0.6) is 0 Å². The third kappa shape index (κ3) is 4.26. The Hall–Kier alpha value is -2.20. The summed E-state index contributed by atoms with van der Waals surface area (Å²) < 4.78 is 0. The van der Waals surface area contributed by atoms with Gasteiger partial charge in [0.2, 0.25) is 5.91 Å². The monoisotopic (exact) mass is 352 g/mol. The van der Waals surface area contributed by atoms with Crippen LogP contribution in [0.15, 0.2) is 47.8 Å². The van der Waals surface area contributed by atoms with Crippen molar-refractivity contribution in [2.75, 3.05) is 5.32 Å². The molecular formula is C21H24N2OS. The van der Waals surface area contributed by atoms with E-state index in [4.69, 9.17) is 0 Å². The first-order chi connectivity index (χ1) is 12.2. The van der Waals surface area contributed by atoms with E-state index in [1.165, 1.54) is 22.1 Å². The van der Waals surface area contributed by atoms with Crippen LogP contribution in [0.3, 0.4) is 0 Å². The molecule has 2 aromatic carbocycles. The SMILES string of the molecule is CCCCC(CC)C(=O)Nc1nc(-c2ccc3ccccc3c2)cs1. The van der Waals surface area contributed by atoms with Gasteiger partial charge in [-0.25, -0.2) is 4.98 Å². The van der Waals surface area contributed by atoms with E-state index in [2.05, 4.69) is 54.5 Å². The van der Waals surface area contributed by atoms with Gasteiger partial charge in [0.1, 0.15) is 0 Å². The molecule has 4 heteroatoms. The van der Waals surface area contributed by atoms with E-state index in [9.17, 15) is 4.79 Å². The Morgan fingerprint density at radius 3 is 2.72 bits per heavy atom. The van der Waals surface area contributed by atoms with Crippen molar-refractivity contribution in [3.05, 3.63) is 47.8 Å². The largest absolute Gasteiger partial charge is 0.302 e. The summed E-state index contributed by atoms with van der Waals surface area (Å²) in [6, 6.07) is 14.6. The molecule has 3 aromatic rings. The van der Waals surface area contributed by atoms with E-state index in [-0.39, 0.29) is 11.8 Å². The molecule has 130 valence electrons. The van der Waals surface area contributed by atoms with Crippen LogP contribution in [0, 0.1) is 5.92 Å². The molecular weight excluding hydrogens is 328 g/mol. The fourth-order valence-electron chi connectivity index (χ4n) is 2.99. The smallest absolute Gasteiger partial charge is 0.229 e. The van der Waals surface area contributed by atoms with Crippen LogP contribution >= 0.6 is 11.3 Å². The van der Waals surface area contributed by atoms with Crippen LogP contribution in [0.2, 0.25) is 0 Å². The van der Waals surface area contributed by atoms with Crippen LogP contribution in [0.1, 0.15) is 39.5 Å². The molecule has 0 fully saturated rings. The van der Waals surface area contributed by atoms with Crippen LogP contribution in [-0.2, 0) is 4.79 Å². The number of nitrogens with zero attached hydrogens (tertiary/aromatic N) is 1. The zero-order valence-corrected chi connectivity index (χ0v) is 15.6. The molecule has 1 unspecified atom stereocenters. The predicted octanol–water partition coefficient (Wildman–Crippen LogP) is 6.12. The fourth-order valence-corrected chi connectivity index (χ4v) is 3.71. The number of aromatic nitrogens is 1. The first-order valence-corrected chi connectivity index (χ1v) is 9.84. The van der Waals surface area contributed by atoms with Gasteiger partial charge in [-0.2, -0.15) is 0 Å². The van der Waals surface area contributed by atoms with Crippen LogP contribution < -0.4 is 5.32 Å². The second-order valence-corrected chi connectivity index (χ2v) is 7.19. The molecule has 1 N–H and O–H groups in total. The Bertz CT molecular complexity index is 856. The van der Waals surface area contributed by atoms with E-state index in [0.29, 0.717) is 5.13 Å². The number of anilines is 1. The molecule has 0 saturated carbocycles. The first kappa shape index (κ1) is 17.6. The third-order valence-electron chi connectivity index (χ3n) is 4.55. The number of fused-ring (bicyclic) bond motifs is 1. The maximum absolute atomic E-state index is 12.4. The summed E-state index contributed by atoms with van der Waals surface area (Å²) in [4.78, 5) is 17.0. The summed E-state index contributed by atoms with van der Waals surface area (Å²) in [5, 5.41) is 8.11. The van der Waals surface area contributed by atoms with Gasteiger partial charge >= 0.3 is 0 Å². The summed E-state index contributed by atoms with van der Waals surface area (Å²) in [5.41, 5.74) is 1.99. The average Bonchev–Trinajstić information content (AvgIpc) is 3.10. The Morgan fingerprint density at radius 2 is 1.96 bits per heavy atom. The van der Waals surface area contributed by atoms with E-state index in [1.54, 1.807) is 0 Å². The van der Waals surface area contributed by atoms with Gasteiger partial charge in [0.25, 0.3) is 0 Å². The van der Waals surface area contributed by atoms with Crippen molar-refractivity contribution in [1.29, 1.82) is 0 Å². The maximum Gasteiger partial charge on any atom is 0.229 e. The lowest BCUT2D eigenvalue weighted by Gasteiger charge is -2.12. The van der Waals surface area contributed by atoms with Gasteiger partial charge in [-0.15, -0.1) is 11.3 Å². The molecule has 0 spiro atoms. The number of hydrogen-bond donors (Lipinski definition) is 1. The summed E-state index contributed by atoms with van der Waals surface area (Å²) in [5.74, 6) is 0.170. The van der Waals surface area contributed by atoms with Crippen molar-refractivity contribution < 1.29 is 4.79 Å². The van der Waals surface area contributed by atoms with Crippen LogP contribution in [0.25, 0.3) is 22.0 Å². The predicted molar refractivity (Wildman–Crippen MR) is 107 cm³/mol. The first-order valence-electron chi connectivity index (χ1n) is 8.96. The average molecular weight is 353 g/mol. The summed E-state index contributed by atoms with van der Waals surface area (Å²) in [6.07, 6.45) is 4.02. The molecule has 0 aliphatic heterocycles. The van der Waals surface area contributed by atoms with Gasteiger partial charge in [-0.1, -0.05) is 63.1 Å². The van der Waals surface area contributed by atoms with Crippen molar-refractivity contribution in [2.24, 2.45) is 5.92 Å². The fraction of sp³-hybridized carbons (Fsp3) is 0.333. The Labute approximate surface area is 153 Å². The number of carbonyl (C=O) groups is 1. The highest BCUT2D eigenvalue weighted by Crippen LogP contribution is 2.28. The zero-order chi connectivity index (χ0) is 17.6. The lowest BCUT2D eigenvalue weighted by molar-refractivity contribution is -0.120. The second-order valence-electron chi connectivity index (χ2n) is 6.34. The lowest BCUT2D eigenvalue weighted by atomic mass is 9.99. The summed E-state index contributed by atoms with van der Waals surface area (Å²) >= 11 is 1.49. The minimum atomic E-state index is 0.0768. The van der Waals surface area contributed by atoms with Crippen molar-refractivity contribution in [3.63, 3.8) is 0 Å². The number of unbranched alkanes of at least 4 members (excludes halogenated alkanes) is 1. The molecule has 1 atom stereocenters. The number of benzene rings is 2.